The van der Waals surface area contributed by atoms with E-state index in [4.69, 9.17) is 0 Å². The number of hydrogen-bond donors (Lipinski definition) is 0. The van der Waals surface area contributed by atoms with Crippen LogP contribution in [0.2, 0.25) is 0 Å². The third-order valence-corrected chi connectivity index (χ3v) is 5.52. The van der Waals surface area contributed by atoms with Gasteiger partial charge in [-0.3, -0.25) is 9.98 Å². The van der Waals surface area contributed by atoms with Crippen LogP contribution in [0, 0.1) is 0 Å². The zero-order chi connectivity index (χ0) is 15.4. The number of pyridine rings is 1. The van der Waals surface area contributed by atoms with E-state index in [2.05, 4.69) is 9.98 Å². The third kappa shape index (κ3) is 3.23. The molecule has 0 radical (unpaired) electrons. The Bertz CT molecular complexity index is 750. The minimum atomic E-state index is -3.35. The fourth-order valence-corrected chi connectivity index (χ4v) is 3.90. The van der Waals surface area contributed by atoms with Gasteiger partial charge in [-0.2, -0.15) is 4.31 Å². The molecular formula is C16H17N3O2S. The highest BCUT2D eigenvalue weighted by Crippen LogP contribution is 2.23. The van der Waals surface area contributed by atoms with Crippen LogP contribution in [-0.4, -0.2) is 37.0 Å². The van der Waals surface area contributed by atoms with Gasteiger partial charge in [-0.1, -0.05) is 0 Å². The normalized spacial score (nSPS) is 16.4. The predicted octanol–water partition coefficient (Wildman–Crippen LogP) is 2.62. The van der Waals surface area contributed by atoms with Crippen LogP contribution < -0.4 is 0 Å². The van der Waals surface area contributed by atoms with Gasteiger partial charge in [0.2, 0.25) is 10.0 Å². The molecular weight excluding hydrogens is 298 g/mol. The second-order valence-corrected chi connectivity index (χ2v) is 7.08. The van der Waals surface area contributed by atoms with Crippen LogP contribution in [-0.2, 0) is 10.0 Å². The fraction of sp³-hybridized carbons (Fsp3) is 0.250. The molecule has 1 aromatic carbocycles. The van der Waals surface area contributed by atoms with E-state index in [-0.39, 0.29) is 0 Å². The lowest BCUT2D eigenvalue weighted by Gasteiger charge is -2.15. The molecule has 2 heterocycles. The first kappa shape index (κ1) is 14.9. The maximum absolute atomic E-state index is 12.4. The molecule has 0 N–H and O–H groups in total. The quantitative estimate of drug-likeness (QED) is 0.815. The van der Waals surface area contributed by atoms with Crippen molar-refractivity contribution in [1.82, 2.24) is 9.29 Å². The number of aliphatic imine (C=N–C) groups is 1. The first-order valence-corrected chi connectivity index (χ1v) is 8.64. The average Bonchev–Trinajstić information content (AvgIpc) is 3.10. The van der Waals surface area contributed by atoms with Crippen molar-refractivity contribution in [2.24, 2.45) is 4.99 Å². The van der Waals surface area contributed by atoms with Gasteiger partial charge >= 0.3 is 0 Å². The highest BCUT2D eigenvalue weighted by atomic mass is 32.2. The van der Waals surface area contributed by atoms with E-state index in [1.165, 1.54) is 0 Å². The van der Waals surface area contributed by atoms with Gasteiger partial charge in [0, 0.05) is 31.7 Å². The third-order valence-electron chi connectivity index (χ3n) is 3.61. The SMILES string of the molecule is O=S(=O)(c1ccc(N=Cc2ccncc2)cc1)N1CCCC1. The highest BCUT2D eigenvalue weighted by molar-refractivity contribution is 7.89. The van der Waals surface area contributed by atoms with Crippen LogP contribution in [0.15, 0.2) is 58.7 Å². The molecule has 1 aliphatic heterocycles. The van der Waals surface area contributed by atoms with Crippen LogP contribution in [0.3, 0.4) is 0 Å². The van der Waals surface area contributed by atoms with Gasteiger partial charge in [-0.25, -0.2) is 8.42 Å². The van der Waals surface area contributed by atoms with Crippen molar-refractivity contribution in [3.8, 4) is 0 Å². The van der Waals surface area contributed by atoms with Gasteiger partial charge < -0.3 is 0 Å². The van der Waals surface area contributed by atoms with Crippen molar-refractivity contribution in [3.63, 3.8) is 0 Å². The second kappa shape index (κ2) is 6.37. The Kier molecular flexibility index (Phi) is 4.31. The summed E-state index contributed by atoms with van der Waals surface area (Å²) in [5.41, 5.74) is 1.67. The molecule has 22 heavy (non-hydrogen) atoms. The Balaban J connectivity index is 1.77. The number of rotatable bonds is 4. The zero-order valence-corrected chi connectivity index (χ0v) is 12.9. The molecule has 1 fully saturated rings. The lowest BCUT2D eigenvalue weighted by Crippen LogP contribution is -2.27. The molecule has 0 bridgehead atoms. The number of aromatic nitrogens is 1. The van der Waals surface area contributed by atoms with Crippen molar-refractivity contribution >= 4 is 21.9 Å². The molecule has 1 aliphatic rings. The Hall–Kier alpha value is -2.05. The summed E-state index contributed by atoms with van der Waals surface area (Å²) in [6.07, 6.45) is 7.01. The molecule has 0 saturated carbocycles. The largest absolute Gasteiger partial charge is 0.265 e. The van der Waals surface area contributed by atoms with Crippen molar-refractivity contribution in [2.75, 3.05) is 13.1 Å². The smallest absolute Gasteiger partial charge is 0.243 e. The van der Waals surface area contributed by atoms with Gasteiger partial charge in [-0.05, 0) is 54.8 Å². The number of sulfonamides is 1. The van der Waals surface area contributed by atoms with Crippen LogP contribution in [0.25, 0.3) is 0 Å². The number of nitrogens with zero attached hydrogens (tertiary/aromatic N) is 3. The molecule has 0 unspecified atom stereocenters. The van der Waals surface area contributed by atoms with Gasteiger partial charge in [0.1, 0.15) is 0 Å². The van der Waals surface area contributed by atoms with E-state index < -0.39 is 10.0 Å². The maximum atomic E-state index is 12.4. The Morgan fingerprint density at radius 1 is 1.00 bits per heavy atom. The predicted molar refractivity (Wildman–Crippen MR) is 85.9 cm³/mol. The van der Waals surface area contributed by atoms with Crippen molar-refractivity contribution in [1.29, 1.82) is 0 Å². The van der Waals surface area contributed by atoms with Gasteiger partial charge in [-0.15, -0.1) is 0 Å². The summed E-state index contributed by atoms with van der Waals surface area (Å²) in [6.45, 7) is 1.23. The number of hydrogen-bond acceptors (Lipinski definition) is 4. The summed E-state index contributed by atoms with van der Waals surface area (Å²) < 4.78 is 26.4. The summed E-state index contributed by atoms with van der Waals surface area (Å²) in [6, 6.07) is 10.4. The van der Waals surface area contributed by atoms with Crippen LogP contribution in [0.5, 0.6) is 0 Å². The Morgan fingerprint density at radius 2 is 1.64 bits per heavy atom. The van der Waals surface area contributed by atoms with E-state index in [1.807, 2.05) is 12.1 Å². The summed E-state index contributed by atoms with van der Waals surface area (Å²) in [4.78, 5) is 8.61. The molecule has 5 nitrogen and oxygen atoms in total. The van der Waals surface area contributed by atoms with Crippen LogP contribution >= 0.6 is 0 Å². The van der Waals surface area contributed by atoms with Crippen LogP contribution in [0.4, 0.5) is 5.69 Å². The van der Waals surface area contributed by atoms with Gasteiger partial charge in [0.25, 0.3) is 0 Å². The standard InChI is InChI=1S/C16H17N3O2S/c20-22(21,19-11-1-2-12-19)16-5-3-15(4-6-16)18-13-14-7-9-17-10-8-14/h3-10,13H,1-2,11-12H2. The zero-order valence-electron chi connectivity index (χ0n) is 12.1. The summed E-state index contributed by atoms with van der Waals surface area (Å²) in [5, 5.41) is 0. The molecule has 1 saturated heterocycles. The van der Waals surface area contributed by atoms with E-state index in [1.54, 1.807) is 47.2 Å². The minimum Gasteiger partial charge on any atom is -0.265 e. The van der Waals surface area contributed by atoms with E-state index >= 15 is 0 Å². The number of benzene rings is 1. The van der Waals surface area contributed by atoms with Crippen molar-refractivity contribution in [3.05, 3.63) is 54.4 Å². The topological polar surface area (TPSA) is 62.6 Å². The summed E-state index contributed by atoms with van der Waals surface area (Å²) >= 11 is 0. The van der Waals surface area contributed by atoms with Crippen molar-refractivity contribution in [2.45, 2.75) is 17.7 Å². The van der Waals surface area contributed by atoms with Gasteiger partial charge in [0.05, 0.1) is 10.6 Å². The van der Waals surface area contributed by atoms with E-state index in [0.29, 0.717) is 18.0 Å². The van der Waals surface area contributed by atoms with Crippen LogP contribution in [0.1, 0.15) is 18.4 Å². The Labute approximate surface area is 130 Å². The molecule has 3 rings (SSSR count). The van der Waals surface area contributed by atoms with Crippen molar-refractivity contribution < 1.29 is 8.42 Å². The minimum absolute atomic E-state index is 0.331. The maximum Gasteiger partial charge on any atom is 0.243 e. The molecule has 0 amide bonds. The second-order valence-electron chi connectivity index (χ2n) is 5.14. The molecule has 6 heteroatoms. The molecule has 0 spiro atoms. The molecule has 0 atom stereocenters. The average molecular weight is 315 g/mol. The lowest BCUT2D eigenvalue weighted by molar-refractivity contribution is 0.477. The summed E-state index contributed by atoms with van der Waals surface area (Å²) in [5.74, 6) is 0. The molecule has 0 aliphatic carbocycles. The van der Waals surface area contributed by atoms with Gasteiger partial charge in [0.15, 0.2) is 0 Å². The Morgan fingerprint density at radius 3 is 2.27 bits per heavy atom. The monoisotopic (exact) mass is 315 g/mol. The first-order valence-electron chi connectivity index (χ1n) is 7.20. The lowest BCUT2D eigenvalue weighted by atomic mass is 10.3. The first-order chi connectivity index (χ1) is 10.7. The fourth-order valence-electron chi connectivity index (χ4n) is 2.38. The molecule has 114 valence electrons. The molecule has 2 aromatic rings. The highest BCUT2D eigenvalue weighted by Gasteiger charge is 2.26. The van der Waals surface area contributed by atoms with E-state index in [0.717, 1.165) is 24.1 Å². The molecule has 1 aromatic heterocycles. The van der Waals surface area contributed by atoms with E-state index in [9.17, 15) is 8.42 Å². The summed E-state index contributed by atoms with van der Waals surface area (Å²) in [7, 11) is -3.35.